The normalized spacial score (nSPS) is 28.2. The number of carbonyl (C=O) groups is 3. The van der Waals surface area contributed by atoms with Crippen molar-refractivity contribution in [2.75, 3.05) is 13.7 Å². The highest BCUT2D eigenvalue weighted by Gasteiger charge is 2.56. The standard InChI is InChI=1S/C18H23N3O5/c1-26-14-7-12-16(17(18(24)25)21(12)9-13(14)22)20-15(23)6-10-4-2-3-5-11(10)8-19/h2-5,12,14,16-17H,6-9,19H2,1H3,(H,20,23)(H,24,25)/t12?,14-,16?,17?/m1/s1. The van der Waals surface area contributed by atoms with E-state index in [9.17, 15) is 19.5 Å². The van der Waals surface area contributed by atoms with Crippen LogP contribution in [0.3, 0.4) is 0 Å². The lowest BCUT2D eigenvalue weighted by Gasteiger charge is -2.55. The lowest BCUT2D eigenvalue weighted by molar-refractivity contribution is -0.168. The summed E-state index contributed by atoms with van der Waals surface area (Å²) in [5.41, 5.74) is 7.40. The van der Waals surface area contributed by atoms with E-state index < -0.39 is 24.2 Å². The van der Waals surface area contributed by atoms with E-state index in [-0.39, 0.29) is 30.7 Å². The maximum atomic E-state index is 12.5. The Morgan fingerprint density at radius 1 is 1.35 bits per heavy atom. The Labute approximate surface area is 151 Å². The molecular weight excluding hydrogens is 338 g/mol. The molecule has 8 nitrogen and oxygen atoms in total. The number of carboxylic acids is 1. The van der Waals surface area contributed by atoms with E-state index in [1.165, 1.54) is 7.11 Å². The molecule has 4 atom stereocenters. The van der Waals surface area contributed by atoms with E-state index >= 15 is 0 Å². The molecular formula is C18H23N3O5. The van der Waals surface area contributed by atoms with Gasteiger partial charge in [0.2, 0.25) is 5.91 Å². The van der Waals surface area contributed by atoms with Crippen LogP contribution in [0.15, 0.2) is 24.3 Å². The summed E-state index contributed by atoms with van der Waals surface area (Å²) in [5.74, 6) is -1.43. The molecule has 26 heavy (non-hydrogen) atoms. The van der Waals surface area contributed by atoms with Crippen LogP contribution in [-0.2, 0) is 32.1 Å². The van der Waals surface area contributed by atoms with Crippen LogP contribution in [0.1, 0.15) is 17.5 Å². The SMILES string of the molecule is CO[C@@H]1CC2C(NC(=O)Cc3ccccc3CN)C(C(=O)O)N2CC1=O. The highest BCUT2D eigenvalue weighted by atomic mass is 16.5. The minimum absolute atomic E-state index is 0.0303. The number of fused-ring (bicyclic) bond motifs is 1. The van der Waals surface area contributed by atoms with Crippen molar-refractivity contribution in [1.29, 1.82) is 0 Å². The minimum Gasteiger partial charge on any atom is -0.480 e. The molecule has 0 bridgehead atoms. The van der Waals surface area contributed by atoms with Gasteiger partial charge in [-0.1, -0.05) is 24.3 Å². The maximum absolute atomic E-state index is 12.5. The summed E-state index contributed by atoms with van der Waals surface area (Å²) in [7, 11) is 1.46. The number of hydrogen-bond acceptors (Lipinski definition) is 6. The molecule has 2 fully saturated rings. The Morgan fingerprint density at radius 3 is 2.65 bits per heavy atom. The summed E-state index contributed by atoms with van der Waals surface area (Å²) in [4.78, 5) is 37.7. The lowest BCUT2D eigenvalue weighted by Crippen LogP contribution is -2.78. The second kappa shape index (κ2) is 7.53. The highest BCUT2D eigenvalue weighted by Crippen LogP contribution is 2.34. The zero-order valence-corrected chi connectivity index (χ0v) is 14.6. The van der Waals surface area contributed by atoms with Crippen molar-refractivity contribution in [3.05, 3.63) is 35.4 Å². The molecule has 3 unspecified atom stereocenters. The van der Waals surface area contributed by atoms with Crippen molar-refractivity contribution in [3.8, 4) is 0 Å². The number of hydrogen-bond donors (Lipinski definition) is 3. The number of aliphatic carboxylic acids is 1. The molecule has 0 aromatic heterocycles. The number of nitrogens with one attached hydrogen (secondary N) is 1. The van der Waals surface area contributed by atoms with Gasteiger partial charge in [-0.2, -0.15) is 0 Å². The first-order chi connectivity index (χ1) is 12.5. The second-order valence-electron chi connectivity index (χ2n) is 6.69. The van der Waals surface area contributed by atoms with Gasteiger partial charge in [-0.15, -0.1) is 0 Å². The second-order valence-corrected chi connectivity index (χ2v) is 6.69. The number of benzene rings is 1. The van der Waals surface area contributed by atoms with Gasteiger partial charge in [-0.3, -0.25) is 19.3 Å². The van der Waals surface area contributed by atoms with E-state index in [4.69, 9.17) is 10.5 Å². The predicted molar refractivity (Wildman–Crippen MR) is 92.3 cm³/mol. The fourth-order valence-electron chi connectivity index (χ4n) is 3.90. The molecule has 0 spiro atoms. The summed E-state index contributed by atoms with van der Waals surface area (Å²) in [6, 6.07) is 5.74. The van der Waals surface area contributed by atoms with Crippen molar-refractivity contribution >= 4 is 17.7 Å². The van der Waals surface area contributed by atoms with Gasteiger partial charge in [0.15, 0.2) is 5.78 Å². The first-order valence-electron chi connectivity index (χ1n) is 8.56. The molecule has 2 aliphatic heterocycles. The number of methoxy groups -OCH3 is 1. The van der Waals surface area contributed by atoms with Crippen LogP contribution in [-0.4, -0.2) is 65.6 Å². The molecule has 3 rings (SSSR count). The monoisotopic (exact) mass is 361 g/mol. The fraction of sp³-hybridized carbons (Fsp3) is 0.500. The Balaban J connectivity index is 1.70. The molecule has 4 N–H and O–H groups in total. The zero-order chi connectivity index (χ0) is 18.8. The average Bonchev–Trinajstić information content (AvgIpc) is 2.60. The highest BCUT2D eigenvalue weighted by molar-refractivity contribution is 5.89. The number of carbonyl (C=O) groups excluding carboxylic acids is 2. The Bertz CT molecular complexity index is 723. The average molecular weight is 361 g/mol. The molecule has 2 saturated heterocycles. The minimum atomic E-state index is -1.04. The third-order valence-corrected chi connectivity index (χ3v) is 5.25. The van der Waals surface area contributed by atoms with Crippen molar-refractivity contribution in [2.45, 2.75) is 43.6 Å². The Kier molecular flexibility index (Phi) is 5.36. The van der Waals surface area contributed by atoms with Crippen LogP contribution < -0.4 is 11.1 Å². The van der Waals surface area contributed by atoms with E-state index in [0.717, 1.165) is 11.1 Å². The van der Waals surface area contributed by atoms with E-state index in [2.05, 4.69) is 5.32 Å². The first-order valence-corrected chi connectivity index (χ1v) is 8.56. The number of carboxylic acid groups (broad SMARTS) is 1. The number of nitrogens with two attached hydrogens (primary N) is 1. The van der Waals surface area contributed by atoms with Gasteiger partial charge in [0.25, 0.3) is 0 Å². The van der Waals surface area contributed by atoms with E-state index in [1.807, 2.05) is 24.3 Å². The van der Waals surface area contributed by atoms with Crippen LogP contribution in [0.25, 0.3) is 0 Å². The number of nitrogens with zero attached hydrogens (tertiary/aromatic N) is 1. The molecule has 0 radical (unpaired) electrons. The quantitative estimate of drug-likeness (QED) is 0.612. The number of Topliss-reactive ketones (excluding diaryl/α,β-unsaturated/α-hetero) is 1. The molecule has 2 aliphatic rings. The number of ether oxygens (including phenoxy) is 1. The Morgan fingerprint density at radius 2 is 2.04 bits per heavy atom. The summed E-state index contributed by atoms with van der Waals surface area (Å²) in [5, 5.41) is 12.3. The molecule has 1 amide bonds. The molecule has 0 saturated carbocycles. The molecule has 0 aliphatic carbocycles. The van der Waals surface area contributed by atoms with Gasteiger partial charge in [0.05, 0.1) is 19.0 Å². The molecule has 2 heterocycles. The maximum Gasteiger partial charge on any atom is 0.323 e. The van der Waals surface area contributed by atoms with E-state index in [0.29, 0.717) is 13.0 Å². The summed E-state index contributed by atoms with van der Waals surface area (Å²) >= 11 is 0. The number of rotatable bonds is 6. The topological polar surface area (TPSA) is 122 Å². The van der Waals surface area contributed by atoms with Crippen LogP contribution in [0, 0.1) is 0 Å². The van der Waals surface area contributed by atoms with Crippen molar-refractivity contribution in [2.24, 2.45) is 5.73 Å². The smallest absolute Gasteiger partial charge is 0.323 e. The van der Waals surface area contributed by atoms with Crippen LogP contribution in [0.4, 0.5) is 0 Å². The van der Waals surface area contributed by atoms with Crippen LogP contribution in [0.2, 0.25) is 0 Å². The lowest BCUT2D eigenvalue weighted by atomic mass is 9.78. The number of amides is 1. The summed E-state index contributed by atoms with van der Waals surface area (Å²) in [6.45, 7) is 0.362. The van der Waals surface area contributed by atoms with E-state index in [1.54, 1.807) is 4.90 Å². The summed E-state index contributed by atoms with van der Waals surface area (Å²) in [6.07, 6.45) is -0.0395. The fourth-order valence-corrected chi connectivity index (χ4v) is 3.90. The number of piperidine rings is 1. The van der Waals surface area contributed by atoms with Gasteiger partial charge in [-0.25, -0.2) is 0 Å². The molecule has 1 aromatic rings. The van der Waals surface area contributed by atoms with Gasteiger partial charge in [0.1, 0.15) is 12.1 Å². The predicted octanol–water partition coefficient (Wildman–Crippen LogP) is -0.702. The molecule has 8 heteroatoms. The summed E-state index contributed by atoms with van der Waals surface area (Å²) < 4.78 is 5.18. The molecule has 140 valence electrons. The first kappa shape index (κ1) is 18.5. The third-order valence-electron chi connectivity index (χ3n) is 5.25. The Hall–Kier alpha value is -2.29. The van der Waals surface area contributed by atoms with Gasteiger partial charge in [0, 0.05) is 19.7 Å². The van der Waals surface area contributed by atoms with Crippen LogP contribution >= 0.6 is 0 Å². The molecule has 1 aromatic carbocycles. The van der Waals surface area contributed by atoms with Gasteiger partial charge in [-0.05, 0) is 17.5 Å². The van der Waals surface area contributed by atoms with Crippen molar-refractivity contribution in [1.82, 2.24) is 10.2 Å². The third kappa shape index (κ3) is 3.35. The van der Waals surface area contributed by atoms with Crippen molar-refractivity contribution < 1.29 is 24.2 Å². The largest absolute Gasteiger partial charge is 0.480 e. The number of ketones is 1. The zero-order valence-electron chi connectivity index (χ0n) is 14.6. The van der Waals surface area contributed by atoms with Gasteiger partial charge < -0.3 is 20.9 Å². The van der Waals surface area contributed by atoms with Crippen molar-refractivity contribution in [3.63, 3.8) is 0 Å². The van der Waals surface area contributed by atoms with Crippen LogP contribution in [0.5, 0.6) is 0 Å². The van der Waals surface area contributed by atoms with Gasteiger partial charge >= 0.3 is 5.97 Å².